The summed E-state index contributed by atoms with van der Waals surface area (Å²) in [7, 11) is 0. The summed E-state index contributed by atoms with van der Waals surface area (Å²) in [6.45, 7) is 8.61. The Labute approximate surface area is 163 Å². The van der Waals surface area contributed by atoms with Crippen LogP contribution in [0, 0.1) is 0 Å². The van der Waals surface area contributed by atoms with Gasteiger partial charge >= 0.3 is 0 Å². The van der Waals surface area contributed by atoms with Gasteiger partial charge in [-0.2, -0.15) is 0 Å². The maximum Gasteiger partial charge on any atom is 0.148 e. The molecule has 27 heavy (non-hydrogen) atoms. The van der Waals surface area contributed by atoms with Gasteiger partial charge in [-0.1, -0.05) is 27.7 Å². The molecule has 4 nitrogen and oxygen atoms in total. The molecule has 0 aliphatic heterocycles. The van der Waals surface area contributed by atoms with Crippen molar-refractivity contribution in [3.05, 3.63) is 34.6 Å². The van der Waals surface area contributed by atoms with Crippen molar-refractivity contribution in [3.8, 4) is 17.0 Å². The third kappa shape index (κ3) is 4.10. The highest BCUT2D eigenvalue weighted by Crippen LogP contribution is 2.36. The summed E-state index contributed by atoms with van der Waals surface area (Å²) in [6.07, 6.45) is 8.33. The number of phenolic OH excluding ortho intramolecular Hbond substituents is 1. The van der Waals surface area contributed by atoms with E-state index in [1.54, 1.807) is 0 Å². The zero-order chi connectivity index (χ0) is 19.4. The summed E-state index contributed by atoms with van der Waals surface area (Å²) in [4.78, 5) is 9.92. The van der Waals surface area contributed by atoms with Crippen LogP contribution in [0.2, 0.25) is 0 Å². The molecule has 0 radical (unpaired) electrons. The number of hydrogen-bond acceptors (Lipinski definition) is 4. The van der Waals surface area contributed by atoms with Gasteiger partial charge in [-0.15, -0.1) is 0 Å². The maximum atomic E-state index is 10.7. The summed E-state index contributed by atoms with van der Waals surface area (Å²) in [5.41, 5.74) is 6.25. The molecule has 0 atom stereocenters. The summed E-state index contributed by atoms with van der Waals surface area (Å²) in [6, 6.07) is 4.52. The average molecular weight is 368 g/mol. The van der Waals surface area contributed by atoms with Crippen molar-refractivity contribution in [2.75, 3.05) is 5.32 Å². The van der Waals surface area contributed by atoms with Crippen molar-refractivity contribution < 1.29 is 5.11 Å². The molecule has 1 aromatic heterocycles. The first-order valence-electron chi connectivity index (χ1n) is 10.6. The number of aromatic nitrogens is 2. The molecule has 0 saturated heterocycles. The van der Waals surface area contributed by atoms with Crippen LogP contribution in [0.25, 0.3) is 11.3 Å². The largest absolute Gasteiger partial charge is 0.507 e. The average Bonchev–Trinajstić information content (AvgIpc) is 2.71. The van der Waals surface area contributed by atoms with Crippen LogP contribution in [0.1, 0.15) is 75.9 Å². The first kappa shape index (κ1) is 19.7. The molecule has 0 spiro atoms. The number of hydrogen-bond donors (Lipinski definition) is 2. The summed E-state index contributed by atoms with van der Waals surface area (Å²) < 4.78 is 0. The number of phenols is 1. The topological polar surface area (TPSA) is 58.0 Å². The van der Waals surface area contributed by atoms with Crippen molar-refractivity contribution >= 4 is 5.82 Å². The van der Waals surface area contributed by atoms with E-state index < -0.39 is 0 Å². The third-order valence-electron chi connectivity index (χ3n) is 5.75. The first-order valence-corrected chi connectivity index (χ1v) is 10.6. The summed E-state index contributed by atoms with van der Waals surface area (Å²) in [5.74, 6) is 1.24. The van der Waals surface area contributed by atoms with Gasteiger partial charge in [0.1, 0.15) is 11.6 Å². The molecule has 1 aliphatic carbocycles. The van der Waals surface area contributed by atoms with E-state index in [9.17, 15) is 5.11 Å². The predicted octanol–water partition coefficient (Wildman–Crippen LogP) is 5.45. The molecule has 0 fully saturated rings. The monoisotopic (exact) mass is 367 g/mol. The Balaban J connectivity index is 2.08. The van der Waals surface area contributed by atoms with Gasteiger partial charge in [0.05, 0.1) is 17.1 Å². The van der Waals surface area contributed by atoms with Gasteiger partial charge in [-0.05, 0) is 74.6 Å². The van der Waals surface area contributed by atoms with Crippen LogP contribution in [0.4, 0.5) is 5.82 Å². The van der Waals surface area contributed by atoms with Crippen LogP contribution in [0.3, 0.4) is 0 Å². The molecule has 1 aromatic carbocycles. The number of aryl methyl sites for hydroxylation is 4. The molecule has 146 valence electrons. The molecule has 0 amide bonds. The fourth-order valence-electron chi connectivity index (χ4n) is 3.98. The van der Waals surface area contributed by atoms with E-state index in [0.717, 1.165) is 67.0 Å². The number of nitrogens with one attached hydrogen (secondary N) is 1. The van der Waals surface area contributed by atoms with Gasteiger partial charge in [-0.25, -0.2) is 9.97 Å². The Morgan fingerprint density at radius 3 is 2.15 bits per heavy atom. The highest BCUT2D eigenvalue weighted by atomic mass is 16.3. The van der Waals surface area contributed by atoms with Gasteiger partial charge in [0, 0.05) is 11.6 Å². The number of benzene rings is 1. The maximum absolute atomic E-state index is 10.7. The molecule has 0 saturated carbocycles. The van der Waals surface area contributed by atoms with Gasteiger partial charge < -0.3 is 10.4 Å². The van der Waals surface area contributed by atoms with E-state index in [1.807, 2.05) is 6.07 Å². The predicted molar refractivity (Wildman–Crippen MR) is 113 cm³/mol. The number of anilines is 1. The Kier molecular flexibility index (Phi) is 6.35. The molecule has 2 aromatic rings. The van der Waals surface area contributed by atoms with Crippen molar-refractivity contribution in [2.24, 2.45) is 0 Å². The SMILES string of the molecule is CCc1nc(-c2cc3c(cc2O)CCCC3)c(CC)nc1NC(CC)CC. The molecule has 0 unspecified atom stereocenters. The van der Waals surface area contributed by atoms with Crippen LogP contribution >= 0.6 is 0 Å². The van der Waals surface area contributed by atoms with Gasteiger partial charge in [0.15, 0.2) is 0 Å². The molecule has 0 bridgehead atoms. The normalized spacial score (nSPS) is 13.7. The highest BCUT2D eigenvalue weighted by Gasteiger charge is 2.20. The van der Waals surface area contributed by atoms with Gasteiger partial charge in [0.2, 0.25) is 0 Å². The number of rotatable bonds is 7. The minimum atomic E-state index is 0.336. The molecule has 4 heteroatoms. The van der Waals surface area contributed by atoms with Crippen LogP contribution in [-0.4, -0.2) is 21.1 Å². The Morgan fingerprint density at radius 2 is 1.56 bits per heavy atom. The van der Waals surface area contributed by atoms with Gasteiger partial charge in [0.25, 0.3) is 0 Å². The number of fused-ring (bicyclic) bond motifs is 1. The lowest BCUT2D eigenvalue weighted by atomic mass is 9.89. The van der Waals surface area contributed by atoms with Crippen LogP contribution in [0.5, 0.6) is 5.75 Å². The second kappa shape index (κ2) is 8.73. The lowest BCUT2D eigenvalue weighted by molar-refractivity contribution is 0.475. The van der Waals surface area contributed by atoms with Gasteiger partial charge in [-0.3, -0.25) is 0 Å². The summed E-state index contributed by atoms with van der Waals surface area (Å²) in [5, 5.41) is 14.3. The molecular formula is C23H33N3O. The van der Waals surface area contributed by atoms with E-state index in [2.05, 4.69) is 39.1 Å². The zero-order valence-electron chi connectivity index (χ0n) is 17.2. The fourth-order valence-corrected chi connectivity index (χ4v) is 3.98. The van der Waals surface area contributed by atoms with E-state index in [0.29, 0.717) is 11.8 Å². The second-order valence-electron chi connectivity index (χ2n) is 7.52. The molecule has 1 aliphatic rings. The molecule has 1 heterocycles. The Bertz CT molecular complexity index is 797. The molecular weight excluding hydrogens is 334 g/mol. The Morgan fingerprint density at radius 1 is 0.926 bits per heavy atom. The lowest BCUT2D eigenvalue weighted by Gasteiger charge is -2.21. The lowest BCUT2D eigenvalue weighted by Crippen LogP contribution is -2.20. The van der Waals surface area contributed by atoms with Crippen molar-refractivity contribution in [1.82, 2.24) is 9.97 Å². The minimum Gasteiger partial charge on any atom is -0.507 e. The second-order valence-corrected chi connectivity index (χ2v) is 7.52. The van der Waals surface area contributed by atoms with Crippen molar-refractivity contribution in [1.29, 1.82) is 0 Å². The van der Waals surface area contributed by atoms with Crippen LogP contribution in [0.15, 0.2) is 12.1 Å². The third-order valence-corrected chi connectivity index (χ3v) is 5.75. The Hall–Kier alpha value is -2.10. The van der Waals surface area contributed by atoms with Crippen LogP contribution < -0.4 is 5.32 Å². The number of aromatic hydroxyl groups is 1. The summed E-state index contributed by atoms with van der Waals surface area (Å²) >= 11 is 0. The molecule has 3 rings (SSSR count). The standard InChI is InChI=1S/C23H33N3O/c1-5-17(6-2)24-23-20(8-4)25-22(19(7-3)26-23)18-13-15-11-9-10-12-16(15)14-21(18)27/h13-14,17,27H,5-12H2,1-4H3,(H,24,26). The van der Waals surface area contributed by atoms with E-state index >= 15 is 0 Å². The van der Waals surface area contributed by atoms with Crippen molar-refractivity contribution in [3.63, 3.8) is 0 Å². The minimum absolute atomic E-state index is 0.336. The first-order chi connectivity index (χ1) is 13.1. The number of nitrogens with zero attached hydrogens (tertiary/aromatic N) is 2. The quantitative estimate of drug-likeness (QED) is 0.683. The van der Waals surface area contributed by atoms with E-state index in [4.69, 9.17) is 9.97 Å². The van der Waals surface area contributed by atoms with E-state index in [-0.39, 0.29) is 0 Å². The zero-order valence-corrected chi connectivity index (χ0v) is 17.2. The van der Waals surface area contributed by atoms with E-state index in [1.165, 1.54) is 24.0 Å². The fraction of sp³-hybridized carbons (Fsp3) is 0.565. The molecule has 2 N–H and O–H groups in total. The smallest absolute Gasteiger partial charge is 0.148 e. The van der Waals surface area contributed by atoms with Crippen molar-refractivity contribution in [2.45, 2.75) is 85.1 Å². The highest BCUT2D eigenvalue weighted by molar-refractivity contribution is 5.72. The van der Waals surface area contributed by atoms with Crippen LogP contribution in [-0.2, 0) is 25.7 Å².